The lowest BCUT2D eigenvalue weighted by atomic mass is 9.97. The average Bonchev–Trinajstić information content (AvgIpc) is 2.66. The summed E-state index contributed by atoms with van der Waals surface area (Å²) in [6, 6.07) is 5.76. The largest absolute Gasteiger partial charge is 0.493 e. The van der Waals surface area contributed by atoms with Crippen molar-refractivity contribution in [2.45, 2.75) is 65.1 Å². The summed E-state index contributed by atoms with van der Waals surface area (Å²) in [5, 5.41) is 0. The molecule has 0 N–H and O–H groups in total. The number of hydrogen-bond acceptors (Lipinski definition) is 5. The predicted octanol–water partition coefficient (Wildman–Crippen LogP) is 3.83. The molecular formula is C22H31NO5. The van der Waals surface area contributed by atoms with Crippen LogP contribution in [0.1, 0.15) is 52.5 Å². The second-order valence-corrected chi connectivity index (χ2v) is 7.21. The quantitative estimate of drug-likeness (QED) is 0.663. The molecule has 28 heavy (non-hydrogen) atoms. The first kappa shape index (κ1) is 21.8. The maximum atomic E-state index is 12.7. The van der Waals surface area contributed by atoms with Gasteiger partial charge in [0.1, 0.15) is 0 Å². The molecule has 1 amide bonds. The number of nitrogens with zero attached hydrogens (tertiary/aromatic N) is 1. The predicted molar refractivity (Wildman–Crippen MR) is 108 cm³/mol. The molecule has 0 spiro atoms. The van der Waals surface area contributed by atoms with Gasteiger partial charge in [-0.2, -0.15) is 0 Å². The van der Waals surface area contributed by atoms with Crippen LogP contribution in [-0.4, -0.2) is 48.7 Å². The van der Waals surface area contributed by atoms with Crippen molar-refractivity contribution in [2.75, 3.05) is 13.7 Å². The number of esters is 1. The molecule has 1 aromatic rings. The van der Waals surface area contributed by atoms with Crippen LogP contribution in [0, 0.1) is 0 Å². The monoisotopic (exact) mass is 389 g/mol. The third-order valence-electron chi connectivity index (χ3n) is 5.00. The van der Waals surface area contributed by atoms with Gasteiger partial charge in [-0.3, -0.25) is 4.79 Å². The standard InChI is InChI=1S/C22H31NO5/c1-6-8-18-11-12-19(20(13-18)26-5)27-14-21(24)28-17(4)22(25)23-15(2)9-7-10-16(23)3/h6,8,11-13,15-17H,7,9-10,14H2,1-5H3/b8-6+/t15-,16-,17-/m0/s1. The van der Waals surface area contributed by atoms with Crippen LogP contribution in [0.15, 0.2) is 24.3 Å². The maximum Gasteiger partial charge on any atom is 0.344 e. The van der Waals surface area contributed by atoms with E-state index >= 15 is 0 Å². The van der Waals surface area contributed by atoms with Crippen LogP contribution in [-0.2, 0) is 14.3 Å². The number of carbonyl (C=O) groups is 2. The van der Waals surface area contributed by atoms with Gasteiger partial charge in [-0.25, -0.2) is 4.79 Å². The Morgan fingerprint density at radius 1 is 1.21 bits per heavy atom. The number of carbonyl (C=O) groups excluding carboxylic acids is 2. The number of likely N-dealkylation sites (tertiary alicyclic amines) is 1. The molecular weight excluding hydrogens is 358 g/mol. The van der Waals surface area contributed by atoms with Crippen molar-refractivity contribution in [3.05, 3.63) is 29.8 Å². The zero-order valence-electron chi connectivity index (χ0n) is 17.4. The fourth-order valence-electron chi connectivity index (χ4n) is 3.58. The minimum Gasteiger partial charge on any atom is -0.493 e. The van der Waals surface area contributed by atoms with Gasteiger partial charge in [0.2, 0.25) is 0 Å². The van der Waals surface area contributed by atoms with E-state index in [1.54, 1.807) is 20.1 Å². The van der Waals surface area contributed by atoms with E-state index < -0.39 is 12.1 Å². The zero-order valence-corrected chi connectivity index (χ0v) is 17.4. The second kappa shape index (κ2) is 10.2. The smallest absolute Gasteiger partial charge is 0.344 e. The first-order chi connectivity index (χ1) is 13.4. The Labute approximate surface area is 167 Å². The Bertz CT molecular complexity index is 705. The minimum atomic E-state index is -0.835. The van der Waals surface area contributed by atoms with Crippen molar-refractivity contribution in [1.82, 2.24) is 4.90 Å². The van der Waals surface area contributed by atoms with E-state index in [0.29, 0.717) is 11.5 Å². The first-order valence-corrected chi connectivity index (χ1v) is 9.82. The highest BCUT2D eigenvalue weighted by atomic mass is 16.6. The zero-order chi connectivity index (χ0) is 20.7. The molecule has 0 bridgehead atoms. The van der Waals surface area contributed by atoms with Crippen LogP contribution < -0.4 is 9.47 Å². The van der Waals surface area contributed by atoms with Crippen molar-refractivity contribution >= 4 is 18.0 Å². The van der Waals surface area contributed by atoms with E-state index in [0.717, 1.165) is 24.8 Å². The third kappa shape index (κ3) is 5.50. The van der Waals surface area contributed by atoms with Gasteiger partial charge >= 0.3 is 5.97 Å². The highest BCUT2D eigenvalue weighted by Gasteiger charge is 2.33. The van der Waals surface area contributed by atoms with E-state index in [1.165, 1.54) is 0 Å². The molecule has 2 rings (SSSR count). The molecule has 6 nitrogen and oxygen atoms in total. The average molecular weight is 389 g/mol. The number of allylic oxidation sites excluding steroid dienone is 1. The Morgan fingerprint density at radius 3 is 2.50 bits per heavy atom. The normalized spacial score (nSPS) is 20.7. The van der Waals surface area contributed by atoms with Crippen molar-refractivity contribution in [3.8, 4) is 11.5 Å². The molecule has 6 heteroatoms. The van der Waals surface area contributed by atoms with Crippen LogP contribution in [0.3, 0.4) is 0 Å². The highest BCUT2D eigenvalue weighted by Crippen LogP contribution is 2.28. The van der Waals surface area contributed by atoms with E-state index in [-0.39, 0.29) is 24.6 Å². The highest BCUT2D eigenvalue weighted by molar-refractivity contribution is 5.84. The molecule has 3 atom stereocenters. The topological polar surface area (TPSA) is 65.1 Å². The molecule has 1 heterocycles. The first-order valence-electron chi connectivity index (χ1n) is 9.82. The Balaban J connectivity index is 1.92. The summed E-state index contributed by atoms with van der Waals surface area (Å²) in [4.78, 5) is 26.7. The lowest BCUT2D eigenvalue weighted by Gasteiger charge is -2.40. The molecule has 1 aliphatic rings. The molecule has 154 valence electrons. The molecule has 1 saturated heterocycles. The molecule has 0 radical (unpaired) electrons. The van der Waals surface area contributed by atoms with Gasteiger partial charge in [-0.05, 0) is 64.7 Å². The number of ether oxygens (including phenoxy) is 3. The van der Waals surface area contributed by atoms with Crippen molar-refractivity contribution < 1.29 is 23.8 Å². The van der Waals surface area contributed by atoms with Gasteiger partial charge in [0.15, 0.2) is 24.2 Å². The summed E-state index contributed by atoms with van der Waals surface area (Å²) in [6.07, 6.45) is 6.10. The Hall–Kier alpha value is -2.50. The van der Waals surface area contributed by atoms with Crippen LogP contribution in [0.25, 0.3) is 6.08 Å². The summed E-state index contributed by atoms with van der Waals surface area (Å²) in [7, 11) is 1.54. The SMILES string of the molecule is C/C=C/c1ccc(OCC(=O)O[C@@H](C)C(=O)N2[C@@H](C)CCC[C@@H]2C)c(OC)c1. The van der Waals surface area contributed by atoms with Crippen LogP contribution >= 0.6 is 0 Å². The van der Waals surface area contributed by atoms with E-state index in [2.05, 4.69) is 0 Å². The second-order valence-electron chi connectivity index (χ2n) is 7.21. The fourth-order valence-corrected chi connectivity index (χ4v) is 3.58. The van der Waals surface area contributed by atoms with Gasteiger partial charge in [0.25, 0.3) is 5.91 Å². The Morgan fingerprint density at radius 2 is 1.89 bits per heavy atom. The molecule has 0 unspecified atom stereocenters. The van der Waals surface area contributed by atoms with Crippen LogP contribution in [0.4, 0.5) is 0 Å². The summed E-state index contributed by atoms with van der Waals surface area (Å²) in [5.41, 5.74) is 0.971. The fraction of sp³-hybridized carbons (Fsp3) is 0.545. The van der Waals surface area contributed by atoms with Crippen molar-refractivity contribution in [3.63, 3.8) is 0 Å². The third-order valence-corrected chi connectivity index (χ3v) is 5.00. The summed E-state index contributed by atoms with van der Waals surface area (Å²) in [5.74, 6) is 0.243. The molecule has 1 fully saturated rings. The van der Waals surface area contributed by atoms with Crippen molar-refractivity contribution in [1.29, 1.82) is 0 Å². The van der Waals surface area contributed by atoms with E-state index in [1.807, 2.05) is 50.0 Å². The number of hydrogen-bond donors (Lipinski definition) is 0. The number of piperidine rings is 1. The number of rotatable bonds is 7. The molecule has 0 aromatic heterocycles. The Kier molecular flexibility index (Phi) is 7.91. The van der Waals surface area contributed by atoms with Crippen LogP contribution in [0.2, 0.25) is 0 Å². The minimum absolute atomic E-state index is 0.152. The molecule has 0 saturated carbocycles. The van der Waals surface area contributed by atoms with Gasteiger partial charge in [0.05, 0.1) is 7.11 Å². The summed E-state index contributed by atoms with van der Waals surface area (Å²) >= 11 is 0. The van der Waals surface area contributed by atoms with E-state index in [9.17, 15) is 9.59 Å². The van der Waals surface area contributed by atoms with Gasteiger partial charge in [-0.15, -0.1) is 0 Å². The number of methoxy groups -OCH3 is 1. The molecule has 0 aliphatic carbocycles. The number of benzene rings is 1. The lowest BCUT2D eigenvalue weighted by Crippen LogP contribution is -2.51. The summed E-state index contributed by atoms with van der Waals surface area (Å²) < 4.78 is 16.2. The maximum absolute atomic E-state index is 12.7. The van der Waals surface area contributed by atoms with E-state index in [4.69, 9.17) is 14.2 Å². The molecule has 1 aromatic carbocycles. The van der Waals surface area contributed by atoms with Gasteiger partial charge in [-0.1, -0.05) is 18.2 Å². The van der Waals surface area contributed by atoms with Crippen molar-refractivity contribution in [2.24, 2.45) is 0 Å². The van der Waals surface area contributed by atoms with Gasteiger partial charge < -0.3 is 19.1 Å². The molecule has 1 aliphatic heterocycles. The summed E-state index contributed by atoms with van der Waals surface area (Å²) in [6.45, 7) is 7.33. The number of amides is 1. The lowest BCUT2D eigenvalue weighted by molar-refractivity contribution is -0.163. The van der Waals surface area contributed by atoms with Gasteiger partial charge in [0, 0.05) is 12.1 Å². The van der Waals surface area contributed by atoms with Crippen LogP contribution in [0.5, 0.6) is 11.5 Å².